The summed E-state index contributed by atoms with van der Waals surface area (Å²) in [4.78, 5) is 11.7. The summed E-state index contributed by atoms with van der Waals surface area (Å²) in [6.45, 7) is 2.33. The number of rotatable bonds is 5. The molecular weight excluding hydrogens is 344 g/mol. The van der Waals surface area contributed by atoms with Crippen molar-refractivity contribution in [1.82, 2.24) is 10.6 Å². The highest BCUT2D eigenvalue weighted by atomic mass is 79.9. The second-order valence-corrected chi connectivity index (χ2v) is 5.58. The lowest BCUT2D eigenvalue weighted by Crippen LogP contribution is -2.45. The predicted molar refractivity (Wildman–Crippen MR) is 85.5 cm³/mol. The van der Waals surface area contributed by atoms with Crippen molar-refractivity contribution in [2.45, 2.75) is 25.3 Å². The van der Waals surface area contributed by atoms with Crippen LogP contribution in [0.4, 0.5) is 0 Å². The van der Waals surface area contributed by atoms with Crippen LogP contribution in [0.5, 0.6) is 5.75 Å². The topological polar surface area (TPSA) is 50.4 Å². The average molecular weight is 364 g/mol. The zero-order valence-electron chi connectivity index (χ0n) is 11.2. The minimum absolute atomic E-state index is 0. The van der Waals surface area contributed by atoms with Gasteiger partial charge in [0.15, 0.2) is 0 Å². The van der Waals surface area contributed by atoms with E-state index in [0.717, 1.165) is 36.2 Å². The molecule has 4 nitrogen and oxygen atoms in total. The van der Waals surface area contributed by atoms with E-state index in [0.29, 0.717) is 13.0 Å². The molecule has 0 saturated carbocycles. The molecule has 112 valence electrons. The van der Waals surface area contributed by atoms with Crippen LogP contribution in [-0.4, -0.2) is 31.6 Å². The maximum absolute atomic E-state index is 11.7. The fourth-order valence-corrected chi connectivity index (χ4v) is 2.47. The second kappa shape index (κ2) is 9.21. The van der Waals surface area contributed by atoms with E-state index in [1.165, 1.54) is 0 Å². The largest absolute Gasteiger partial charge is 0.493 e. The van der Waals surface area contributed by atoms with Gasteiger partial charge in [0.2, 0.25) is 5.91 Å². The number of carbonyl (C=O) groups excluding carboxylic acids is 1. The van der Waals surface area contributed by atoms with Crippen molar-refractivity contribution in [2.75, 3.05) is 19.7 Å². The first-order valence-electron chi connectivity index (χ1n) is 6.62. The fourth-order valence-electron chi connectivity index (χ4n) is 2.09. The summed E-state index contributed by atoms with van der Waals surface area (Å²) in [6.07, 6.45) is 2.58. The molecule has 1 amide bonds. The van der Waals surface area contributed by atoms with Gasteiger partial charge in [-0.25, -0.2) is 0 Å². The Labute approximate surface area is 134 Å². The zero-order valence-corrected chi connectivity index (χ0v) is 13.6. The minimum Gasteiger partial charge on any atom is -0.493 e. The smallest absolute Gasteiger partial charge is 0.223 e. The average Bonchev–Trinajstić information content (AvgIpc) is 2.40. The van der Waals surface area contributed by atoms with E-state index in [-0.39, 0.29) is 24.4 Å². The van der Waals surface area contributed by atoms with Crippen molar-refractivity contribution in [2.24, 2.45) is 0 Å². The molecule has 0 aliphatic carbocycles. The number of ether oxygens (including phenoxy) is 1. The first-order chi connectivity index (χ1) is 9.24. The Bertz CT molecular complexity index is 425. The van der Waals surface area contributed by atoms with Crippen LogP contribution in [0.1, 0.15) is 19.3 Å². The number of nitrogens with one attached hydrogen (secondary N) is 2. The molecule has 1 aromatic rings. The van der Waals surface area contributed by atoms with Crippen molar-refractivity contribution in [3.63, 3.8) is 0 Å². The van der Waals surface area contributed by atoms with Crippen LogP contribution in [-0.2, 0) is 4.79 Å². The summed E-state index contributed by atoms with van der Waals surface area (Å²) in [7, 11) is 0. The van der Waals surface area contributed by atoms with E-state index in [9.17, 15) is 4.79 Å². The summed E-state index contributed by atoms with van der Waals surface area (Å²) in [6, 6.07) is 7.89. The van der Waals surface area contributed by atoms with E-state index in [1.54, 1.807) is 0 Å². The first kappa shape index (κ1) is 17.3. The monoisotopic (exact) mass is 362 g/mol. The van der Waals surface area contributed by atoms with Gasteiger partial charge in [-0.3, -0.25) is 4.79 Å². The first-order valence-corrected chi connectivity index (χ1v) is 7.42. The zero-order chi connectivity index (χ0) is 13.5. The lowest BCUT2D eigenvalue weighted by molar-refractivity contribution is -0.122. The summed E-state index contributed by atoms with van der Waals surface area (Å²) in [5.41, 5.74) is 0. The van der Waals surface area contributed by atoms with Gasteiger partial charge in [-0.1, -0.05) is 22.0 Å². The van der Waals surface area contributed by atoms with Gasteiger partial charge in [0.1, 0.15) is 5.75 Å². The second-order valence-electron chi connectivity index (χ2n) is 4.67. The third-order valence-corrected chi connectivity index (χ3v) is 3.55. The quantitative estimate of drug-likeness (QED) is 0.845. The molecule has 1 aliphatic heterocycles. The van der Waals surface area contributed by atoms with Crippen molar-refractivity contribution in [3.8, 4) is 5.75 Å². The highest BCUT2D eigenvalue weighted by Crippen LogP contribution is 2.17. The van der Waals surface area contributed by atoms with E-state index in [1.807, 2.05) is 24.3 Å². The molecule has 1 aromatic carbocycles. The molecule has 1 atom stereocenters. The molecule has 2 N–H and O–H groups in total. The van der Waals surface area contributed by atoms with Gasteiger partial charge in [-0.2, -0.15) is 0 Å². The lowest BCUT2D eigenvalue weighted by atomic mass is 10.1. The predicted octanol–water partition coefficient (Wildman–Crippen LogP) is 2.51. The van der Waals surface area contributed by atoms with Crippen molar-refractivity contribution in [3.05, 3.63) is 28.7 Å². The van der Waals surface area contributed by atoms with Gasteiger partial charge in [-0.15, -0.1) is 12.4 Å². The van der Waals surface area contributed by atoms with E-state index < -0.39 is 0 Å². The van der Waals surface area contributed by atoms with Crippen molar-refractivity contribution in [1.29, 1.82) is 0 Å². The van der Waals surface area contributed by atoms with Gasteiger partial charge in [0, 0.05) is 17.1 Å². The number of benzene rings is 1. The van der Waals surface area contributed by atoms with Crippen LogP contribution in [0, 0.1) is 0 Å². The standard InChI is InChI=1S/C14H19BrN2O2.ClH/c15-11-3-1-5-13(9-11)19-8-6-14(18)17-12-4-2-7-16-10-12;/h1,3,5,9,12,16H,2,4,6-8,10H2,(H,17,18);1H/t12-;/m0./s1. The molecule has 0 radical (unpaired) electrons. The molecule has 0 unspecified atom stereocenters. The van der Waals surface area contributed by atoms with Crippen LogP contribution >= 0.6 is 28.3 Å². The maximum Gasteiger partial charge on any atom is 0.223 e. The summed E-state index contributed by atoms with van der Waals surface area (Å²) < 4.78 is 6.51. The highest BCUT2D eigenvalue weighted by molar-refractivity contribution is 9.10. The molecule has 1 saturated heterocycles. The van der Waals surface area contributed by atoms with Gasteiger partial charge < -0.3 is 15.4 Å². The summed E-state index contributed by atoms with van der Waals surface area (Å²) >= 11 is 3.38. The molecule has 0 aromatic heterocycles. The number of hydrogen-bond acceptors (Lipinski definition) is 3. The third kappa shape index (κ3) is 6.11. The van der Waals surface area contributed by atoms with Crippen LogP contribution in [0.2, 0.25) is 0 Å². The molecule has 0 bridgehead atoms. The SMILES string of the molecule is Cl.O=C(CCOc1cccc(Br)c1)N[C@H]1CCCNC1. The van der Waals surface area contributed by atoms with Crippen LogP contribution < -0.4 is 15.4 Å². The van der Waals surface area contributed by atoms with E-state index >= 15 is 0 Å². The van der Waals surface area contributed by atoms with E-state index in [2.05, 4.69) is 26.6 Å². The molecule has 2 rings (SSSR count). The molecule has 0 spiro atoms. The number of piperidine rings is 1. The molecule has 1 fully saturated rings. The molecule has 1 aliphatic rings. The summed E-state index contributed by atoms with van der Waals surface area (Å²) in [5.74, 6) is 0.838. The van der Waals surface area contributed by atoms with Gasteiger partial charge >= 0.3 is 0 Å². The minimum atomic E-state index is 0. The Morgan fingerprint density at radius 1 is 1.50 bits per heavy atom. The maximum atomic E-state index is 11.7. The van der Waals surface area contributed by atoms with E-state index in [4.69, 9.17) is 4.74 Å². The molecular formula is C14H20BrClN2O2. The van der Waals surface area contributed by atoms with Gasteiger partial charge in [0.25, 0.3) is 0 Å². The number of hydrogen-bond donors (Lipinski definition) is 2. The Balaban J connectivity index is 0.00000200. The third-order valence-electron chi connectivity index (χ3n) is 3.06. The van der Waals surface area contributed by atoms with Gasteiger partial charge in [0.05, 0.1) is 13.0 Å². The summed E-state index contributed by atoms with van der Waals surface area (Å²) in [5, 5.41) is 6.30. The van der Waals surface area contributed by atoms with Crippen LogP contribution in [0.25, 0.3) is 0 Å². The van der Waals surface area contributed by atoms with Gasteiger partial charge in [-0.05, 0) is 37.6 Å². The molecule has 20 heavy (non-hydrogen) atoms. The van der Waals surface area contributed by atoms with Crippen molar-refractivity contribution < 1.29 is 9.53 Å². The molecule has 1 heterocycles. The Hall–Kier alpha value is -0.780. The number of carbonyl (C=O) groups is 1. The normalized spacial score (nSPS) is 17.9. The van der Waals surface area contributed by atoms with Crippen molar-refractivity contribution >= 4 is 34.2 Å². The number of amides is 1. The number of halogens is 2. The Morgan fingerprint density at radius 3 is 3.05 bits per heavy atom. The fraction of sp³-hybridized carbons (Fsp3) is 0.500. The van der Waals surface area contributed by atoms with Crippen LogP contribution in [0.3, 0.4) is 0 Å². The molecule has 6 heteroatoms. The Kier molecular flexibility index (Phi) is 7.95. The van der Waals surface area contributed by atoms with Crippen LogP contribution in [0.15, 0.2) is 28.7 Å². The lowest BCUT2D eigenvalue weighted by Gasteiger charge is -2.23. The highest BCUT2D eigenvalue weighted by Gasteiger charge is 2.14. The Morgan fingerprint density at radius 2 is 2.35 bits per heavy atom.